The monoisotopic (exact) mass is 585 g/mol. The fourth-order valence-electron chi connectivity index (χ4n) is 4.64. The number of nitrogens with one attached hydrogen (secondary N) is 3. The third-order valence-electron chi connectivity index (χ3n) is 6.44. The first kappa shape index (κ1) is 27.9. The number of hydrogen-bond donors (Lipinski definition) is 4. The minimum atomic E-state index is -0.655. The van der Waals surface area contributed by atoms with Crippen molar-refractivity contribution < 1.29 is 19.4 Å². The Kier molecular flexibility index (Phi) is 7.72. The van der Waals surface area contributed by atoms with Crippen LogP contribution >= 0.6 is 23.2 Å². The maximum Gasteiger partial charge on any atom is 0.409 e. The summed E-state index contributed by atoms with van der Waals surface area (Å²) < 4.78 is 5.35. The van der Waals surface area contributed by atoms with Crippen LogP contribution in [0.2, 0.25) is 10.0 Å². The molecule has 1 unspecified atom stereocenters. The largest absolute Gasteiger partial charge is 0.444 e. The third kappa shape index (κ3) is 5.91. The molecule has 13 heteroatoms. The maximum atomic E-state index is 13.5. The lowest BCUT2D eigenvalue weighted by Crippen LogP contribution is -2.48. The summed E-state index contributed by atoms with van der Waals surface area (Å²) in [5.41, 5.74) is 1.53. The molecule has 0 spiro atoms. The summed E-state index contributed by atoms with van der Waals surface area (Å²) in [6.45, 7) is 5.52. The van der Waals surface area contributed by atoms with Crippen LogP contribution in [0.25, 0.3) is 21.9 Å². The van der Waals surface area contributed by atoms with E-state index in [4.69, 9.17) is 27.9 Å². The molecular formula is C27H29Cl2N7O4. The number of likely N-dealkylation sites (tertiary alicyclic amines) is 1. The average Bonchev–Trinajstić information content (AvgIpc) is 3.52. The first-order valence-electron chi connectivity index (χ1n) is 12.8. The number of anilines is 1. The zero-order chi connectivity index (χ0) is 28.6. The summed E-state index contributed by atoms with van der Waals surface area (Å²) in [4.78, 5) is 43.8. The number of aliphatic hydroxyl groups is 1. The number of aliphatic hydroxyl groups excluding tert-OH is 1. The molecule has 11 nitrogen and oxygen atoms in total. The van der Waals surface area contributed by atoms with Crippen LogP contribution in [0.5, 0.6) is 0 Å². The normalized spacial score (nSPS) is 16.4. The van der Waals surface area contributed by atoms with Crippen LogP contribution in [0.3, 0.4) is 0 Å². The Hall–Kier alpha value is -3.67. The Bertz CT molecular complexity index is 1590. The number of fused-ring (bicyclic) bond motifs is 2. The van der Waals surface area contributed by atoms with Crippen LogP contribution in [0.1, 0.15) is 55.8 Å². The van der Waals surface area contributed by atoms with Crippen LogP contribution in [0, 0.1) is 0 Å². The molecule has 1 aliphatic heterocycles. The second-order valence-corrected chi connectivity index (χ2v) is 11.4. The third-order valence-corrected chi connectivity index (χ3v) is 6.99. The molecule has 2 aromatic carbocycles. The van der Waals surface area contributed by atoms with Gasteiger partial charge < -0.3 is 30.4 Å². The number of alkyl carbamates (subject to hydrolysis) is 1. The standard InChI is InChI=1S/C27H29Cl2N7O4/c1-27(2,3)40-26(39)35-22-5-4-8-36(22)25(38)15-11-19-16(10-17(15)29)23(31-13-30-19)34-21(12-37)24-32-18-7-6-14(28)9-20(18)33-24/h6-7,9-11,13,21-22,37H,4-5,8,12H2,1-3H3,(H,32,33)(H,35,39)(H,30,31,34)/t21-,22?/m0/s1. The molecular weight excluding hydrogens is 557 g/mol. The highest BCUT2D eigenvalue weighted by atomic mass is 35.5. The highest BCUT2D eigenvalue weighted by Crippen LogP contribution is 2.31. The Labute approximate surface area is 240 Å². The van der Waals surface area contributed by atoms with E-state index in [0.29, 0.717) is 46.1 Å². The van der Waals surface area contributed by atoms with Gasteiger partial charge in [0.25, 0.3) is 5.91 Å². The van der Waals surface area contributed by atoms with Crippen LogP contribution in [-0.4, -0.2) is 66.9 Å². The van der Waals surface area contributed by atoms with Crippen molar-refractivity contribution in [3.63, 3.8) is 0 Å². The van der Waals surface area contributed by atoms with Gasteiger partial charge in [0.2, 0.25) is 0 Å². The maximum absolute atomic E-state index is 13.5. The van der Waals surface area contributed by atoms with E-state index in [1.165, 1.54) is 6.33 Å². The molecule has 1 fully saturated rings. The number of H-pyrrole nitrogens is 1. The molecule has 5 rings (SSSR count). The van der Waals surface area contributed by atoms with Crippen LogP contribution in [-0.2, 0) is 4.74 Å². The predicted molar refractivity (Wildman–Crippen MR) is 153 cm³/mol. The topological polar surface area (TPSA) is 145 Å². The second-order valence-electron chi connectivity index (χ2n) is 10.5. The summed E-state index contributed by atoms with van der Waals surface area (Å²) in [6, 6.07) is 7.91. The first-order valence-corrected chi connectivity index (χ1v) is 13.6. The van der Waals surface area contributed by atoms with Crippen molar-refractivity contribution in [3.8, 4) is 0 Å². The Morgan fingerprint density at radius 3 is 2.75 bits per heavy atom. The Morgan fingerprint density at radius 2 is 2.00 bits per heavy atom. The van der Waals surface area contributed by atoms with Crippen molar-refractivity contribution in [2.45, 2.75) is 51.4 Å². The van der Waals surface area contributed by atoms with Gasteiger partial charge in [-0.15, -0.1) is 0 Å². The first-order chi connectivity index (χ1) is 19.0. The zero-order valence-electron chi connectivity index (χ0n) is 22.2. The number of carbonyl (C=O) groups is 2. The molecule has 4 aromatic rings. The number of halogens is 2. The van der Waals surface area contributed by atoms with Crippen molar-refractivity contribution in [2.75, 3.05) is 18.5 Å². The van der Waals surface area contributed by atoms with Gasteiger partial charge in [-0.25, -0.2) is 19.7 Å². The summed E-state index contributed by atoms with van der Waals surface area (Å²) >= 11 is 12.7. The molecule has 1 aliphatic rings. The van der Waals surface area contributed by atoms with Gasteiger partial charge in [0.05, 0.1) is 33.7 Å². The van der Waals surface area contributed by atoms with Crippen LogP contribution in [0.4, 0.5) is 10.6 Å². The van der Waals surface area contributed by atoms with Gasteiger partial charge in [-0.1, -0.05) is 23.2 Å². The van der Waals surface area contributed by atoms with Gasteiger partial charge >= 0.3 is 6.09 Å². The quantitative estimate of drug-likeness (QED) is 0.246. The number of carbonyl (C=O) groups excluding carboxylic acids is 2. The van der Waals surface area contributed by atoms with Crippen molar-refractivity contribution in [1.82, 2.24) is 30.2 Å². The second kappa shape index (κ2) is 11.1. The van der Waals surface area contributed by atoms with Crippen LogP contribution < -0.4 is 10.6 Å². The van der Waals surface area contributed by atoms with Gasteiger partial charge in [0.1, 0.15) is 35.8 Å². The molecule has 2 aromatic heterocycles. The number of imidazole rings is 1. The Balaban J connectivity index is 1.39. The number of rotatable bonds is 6. The molecule has 0 aliphatic carbocycles. The minimum Gasteiger partial charge on any atom is -0.444 e. The van der Waals surface area contributed by atoms with E-state index in [1.807, 2.05) is 6.07 Å². The van der Waals surface area contributed by atoms with Gasteiger partial charge in [0, 0.05) is 17.0 Å². The smallest absolute Gasteiger partial charge is 0.409 e. The number of hydrogen-bond acceptors (Lipinski definition) is 8. The van der Waals surface area contributed by atoms with E-state index in [-0.39, 0.29) is 23.1 Å². The summed E-state index contributed by atoms with van der Waals surface area (Å²) in [5.74, 6) is 0.587. The summed E-state index contributed by atoms with van der Waals surface area (Å²) in [6.07, 6.45) is 1.59. The van der Waals surface area contributed by atoms with E-state index in [1.54, 1.807) is 49.9 Å². The highest BCUT2D eigenvalue weighted by molar-refractivity contribution is 6.35. The highest BCUT2D eigenvalue weighted by Gasteiger charge is 2.33. The van der Waals surface area contributed by atoms with Gasteiger partial charge in [-0.3, -0.25) is 4.79 Å². The molecule has 210 valence electrons. The van der Waals surface area contributed by atoms with E-state index in [0.717, 1.165) is 11.9 Å². The van der Waals surface area contributed by atoms with Crippen molar-refractivity contribution >= 4 is 63.0 Å². The van der Waals surface area contributed by atoms with E-state index in [2.05, 4.69) is 30.6 Å². The minimum absolute atomic E-state index is 0.206. The fourth-order valence-corrected chi connectivity index (χ4v) is 5.05. The average molecular weight is 586 g/mol. The number of ether oxygens (including phenoxy) is 1. The van der Waals surface area contributed by atoms with Gasteiger partial charge in [0.15, 0.2) is 0 Å². The number of nitrogens with zero attached hydrogens (tertiary/aromatic N) is 4. The zero-order valence-corrected chi connectivity index (χ0v) is 23.7. The van der Waals surface area contributed by atoms with E-state index < -0.39 is 23.9 Å². The van der Waals surface area contributed by atoms with Crippen molar-refractivity contribution in [2.24, 2.45) is 0 Å². The van der Waals surface area contributed by atoms with Crippen LogP contribution in [0.15, 0.2) is 36.7 Å². The Morgan fingerprint density at radius 1 is 1.20 bits per heavy atom. The molecule has 0 bridgehead atoms. The number of aromatic amines is 1. The number of amides is 2. The predicted octanol–water partition coefficient (Wildman–Crippen LogP) is 5.05. The SMILES string of the molecule is CC(C)(C)OC(=O)NC1CCCN1C(=O)c1cc2ncnc(N[C@@H](CO)c3nc4cc(Cl)ccc4[nH]3)c2cc1Cl. The molecule has 40 heavy (non-hydrogen) atoms. The van der Waals surface area contributed by atoms with Gasteiger partial charge in [-0.2, -0.15) is 0 Å². The lowest BCUT2D eigenvalue weighted by Gasteiger charge is -2.27. The molecule has 1 saturated heterocycles. The van der Waals surface area contributed by atoms with Gasteiger partial charge in [-0.05, 0) is 63.9 Å². The van der Waals surface area contributed by atoms with E-state index in [9.17, 15) is 14.7 Å². The summed E-state index contributed by atoms with van der Waals surface area (Å²) in [5, 5.41) is 17.4. The van der Waals surface area contributed by atoms with E-state index >= 15 is 0 Å². The lowest BCUT2D eigenvalue weighted by molar-refractivity contribution is 0.0433. The molecule has 0 radical (unpaired) electrons. The molecule has 2 atom stereocenters. The molecule has 0 saturated carbocycles. The fraction of sp³-hybridized carbons (Fsp3) is 0.370. The summed E-state index contributed by atoms with van der Waals surface area (Å²) in [7, 11) is 0. The number of benzene rings is 2. The number of aromatic nitrogens is 4. The van der Waals surface area contributed by atoms with Crippen molar-refractivity contribution in [3.05, 3.63) is 58.1 Å². The van der Waals surface area contributed by atoms with Crippen molar-refractivity contribution in [1.29, 1.82) is 0 Å². The lowest BCUT2D eigenvalue weighted by atomic mass is 10.1. The molecule has 4 N–H and O–H groups in total. The molecule has 3 heterocycles. The molecule has 2 amide bonds.